The number of aryl methyl sites for hydroxylation is 2. The summed E-state index contributed by atoms with van der Waals surface area (Å²) in [7, 11) is 5.31. The van der Waals surface area contributed by atoms with E-state index < -0.39 is 0 Å². The number of benzene rings is 4. The van der Waals surface area contributed by atoms with E-state index in [1.807, 2.05) is 79.4 Å². The summed E-state index contributed by atoms with van der Waals surface area (Å²) in [6.07, 6.45) is 3.07. The van der Waals surface area contributed by atoms with Crippen molar-refractivity contribution in [2.45, 2.75) is 39.5 Å². The van der Waals surface area contributed by atoms with Crippen molar-refractivity contribution in [3.05, 3.63) is 107 Å². The highest BCUT2D eigenvalue weighted by Gasteiger charge is 2.21. The summed E-state index contributed by atoms with van der Waals surface area (Å²) in [5, 5.41) is 2.97. The van der Waals surface area contributed by atoms with Crippen LogP contribution in [0.3, 0.4) is 0 Å². The third-order valence-electron chi connectivity index (χ3n) is 9.16. The molecule has 1 heterocycles. The van der Waals surface area contributed by atoms with Crippen LogP contribution in [0.2, 0.25) is 0 Å². The second kappa shape index (κ2) is 17.0. The van der Waals surface area contributed by atoms with Crippen LogP contribution in [0, 0.1) is 13.8 Å². The van der Waals surface area contributed by atoms with Crippen molar-refractivity contribution in [1.29, 1.82) is 0 Å². The van der Waals surface area contributed by atoms with Crippen molar-refractivity contribution in [2.75, 3.05) is 64.2 Å². The number of nitrogens with one attached hydrogen (secondary N) is 1. The fraction of sp³-hybridized carbons (Fsp3) is 0.341. The highest BCUT2D eigenvalue weighted by Crippen LogP contribution is 2.33. The lowest BCUT2D eigenvalue weighted by molar-refractivity contribution is -0.132. The fourth-order valence-corrected chi connectivity index (χ4v) is 6.05. The van der Waals surface area contributed by atoms with Gasteiger partial charge < -0.3 is 29.5 Å². The minimum Gasteiger partial charge on any atom is -0.495 e. The van der Waals surface area contributed by atoms with Crippen LogP contribution in [0.25, 0.3) is 11.1 Å². The Morgan fingerprint density at radius 3 is 2.26 bits per heavy atom. The lowest BCUT2D eigenvalue weighted by Gasteiger charge is -2.32. The zero-order chi connectivity index (χ0) is 35.6. The van der Waals surface area contributed by atoms with Gasteiger partial charge in [-0.25, -0.2) is 0 Å². The molecule has 0 aromatic heterocycles. The predicted octanol–water partition coefficient (Wildman–Crippen LogP) is 7.22. The van der Waals surface area contributed by atoms with Crippen LogP contribution in [0.1, 0.15) is 57.5 Å². The van der Waals surface area contributed by atoms with Crippen LogP contribution in [0.15, 0.2) is 84.9 Å². The van der Waals surface area contributed by atoms with Gasteiger partial charge in [0.2, 0.25) is 5.91 Å². The average Bonchev–Trinajstić information content (AvgIpc) is 3.13. The molecular formula is C41H48N4O5. The zero-order valence-corrected chi connectivity index (χ0v) is 29.8. The van der Waals surface area contributed by atoms with Crippen molar-refractivity contribution in [2.24, 2.45) is 0 Å². The van der Waals surface area contributed by atoms with Crippen molar-refractivity contribution >= 4 is 29.1 Å². The SMILES string of the molecule is COc1cc(C(=O)N(C)c2ccc(C)cc2OCCCCCC(=O)N2CCN(C)CC2)ccc1NC(=O)c1ccccc1-c1ccc(C)cc1. The normalized spacial score (nSPS) is 13.1. The summed E-state index contributed by atoms with van der Waals surface area (Å²) in [5.41, 5.74) is 5.98. The number of rotatable bonds is 13. The molecule has 1 aliphatic heterocycles. The average molecular weight is 677 g/mol. The van der Waals surface area contributed by atoms with Crippen molar-refractivity contribution < 1.29 is 23.9 Å². The maximum Gasteiger partial charge on any atom is 0.258 e. The summed E-state index contributed by atoms with van der Waals surface area (Å²) in [5.74, 6) is 0.700. The first-order chi connectivity index (χ1) is 24.1. The molecule has 0 radical (unpaired) electrons. The molecule has 0 spiro atoms. The monoisotopic (exact) mass is 676 g/mol. The number of piperazine rings is 1. The van der Waals surface area contributed by atoms with E-state index in [0.717, 1.165) is 67.7 Å². The molecule has 1 saturated heterocycles. The van der Waals surface area contributed by atoms with Gasteiger partial charge in [-0.1, -0.05) is 54.1 Å². The summed E-state index contributed by atoms with van der Waals surface area (Å²) in [4.78, 5) is 45.6. The van der Waals surface area contributed by atoms with Crippen LogP contribution in [-0.2, 0) is 4.79 Å². The van der Waals surface area contributed by atoms with Crippen LogP contribution < -0.4 is 19.7 Å². The number of ether oxygens (including phenoxy) is 2. The molecule has 1 fully saturated rings. The largest absolute Gasteiger partial charge is 0.495 e. The molecule has 50 heavy (non-hydrogen) atoms. The van der Waals surface area contributed by atoms with E-state index in [2.05, 4.69) is 17.3 Å². The van der Waals surface area contributed by atoms with E-state index >= 15 is 0 Å². The van der Waals surface area contributed by atoms with Gasteiger partial charge in [0.05, 0.1) is 25.1 Å². The number of anilines is 2. The Labute approximate surface area is 295 Å². The molecule has 3 amide bonds. The Balaban J connectivity index is 1.20. The van der Waals surface area contributed by atoms with Crippen molar-refractivity contribution in [3.63, 3.8) is 0 Å². The molecule has 0 saturated carbocycles. The van der Waals surface area contributed by atoms with Crippen molar-refractivity contribution in [1.82, 2.24) is 9.80 Å². The summed E-state index contributed by atoms with van der Waals surface area (Å²) in [6.45, 7) is 7.96. The number of hydrogen-bond acceptors (Lipinski definition) is 6. The van der Waals surface area contributed by atoms with E-state index in [-0.39, 0.29) is 17.7 Å². The number of unbranched alkanes of at least 4 members (excludes halogenated alkanes) is 2. The summed E-state index contributed by atoms with van der Waals surface area (Å²) < 4.78 is 11.8. The van der Waals surface area contributed by atoms with Crippen LogP contribution >= 0.6 is 0 Å². The number of carbonyl (C=O) groups excluding carboxylic acids is 3. The van der Waals surface area contributed by atoms with Gasteiger partial charge in [-0.05, 0) is 93.2 Å². The Morgan fingerprint density at radius 2 is 1.52 bits per heavy atom. The topological polar surface area (TPSA) is 91.4 Å². The first-order valence-corrected chi connectivity index (χ1v) is 17.3. The first kappa shape index (κ1) is 36.1. The second-order valence-corrected chi connectivity index (χ2v) is 13.0. The van der Waals surface area contributed by atoms with Gasteiger partial charge in [-0.3, -0.25) is 14.4 Å². The minimum absolute atomic E-state index is 0.232. The van der Waals surface area contributed by atoms with E-state index in [4.69, 9.17) is 9.47 Å². The lowest BCUT2D eigenvalue weighted by Crippen LogP contribution is -2.47. The first-order valence-electron chi connectivity index (χ1n) is 17.3. The fourth-order valence-electron chi connectivity index (χ4n) is 6.05. The molecule has 9 nitrogen and oxygen atoms in total. The number of amides is 3. The summed E-state index contributed by atoms with van der Waals surface area (Å²) >= 11 is 0. The van der Waals surface area contributed by atoms with Gasteiger partial charge in [-0.2, -0.15) is 0 Å². The minimum atomic E-state index is -0.279. The zero-order valence-electron chi connectivity index (χ0n) is 29.8. The highest BCUT2D eigenvalue weighted by atomic mass is 16.5. The molecule has 1 N–H and O–H groups in total. The molecule has 262 valence electrons. The van der Waals surface area contributed by atoms with Crippen LogP contribution in [-0.4, -0.2) is 81.5 Å². The Bertz CT molecular complexity index is 1800. The van der Waals surface area contributed by atoms with Gasteiger partial charge in [0.1, 0.15) is 11.5 Å². The van der Waals surface area contributed by atoms with E-state index in [0.29, 0.717) is 47.0 Å². The van der Waals surface area contributed by atoms with Crippen molar-refractivity contribution in [3.8, 4) is 22.6 Å². The molecule has 5 rings (SSSR count). The van der Waals surface area contributed by atoms with Gasteiger partial charge in [0.25, 0.3) is 11.8 Å². The molecule has 0 atom stereocenters. The van der Waals surface area contributed by atoms with Gasteiger partial charge in [0, 0.05) is 50.8 Å². The molecule has 1 aliphatic rings. The van der Waals surface area contributed by atoms with E-state index in [1.165, 1.54) is 7.11 Å². The smallest absolute Gasteiger partial charge is 0.258 e. The number of carbonyl (C=O) groups is 3. The molecule has 4 aromatic carbocycles. The van der Waals surface area contributed by atoms with E-state index in [1.54, 1.807) is 36.2 Å². The van der Waals surface area contributed by atoms with Gasteiger partial charge in [0.15, 0.2) is 0 Å². The molecule has 0 unspecified atom stereocenters. The highest BCUT2D eigenvalue weighted by molar-refractivity contribution is 6.10. The quantitative estimate of drug-likeness (QED) is 0.151. The van der Waals surface area contributed by atoms with Gasteiger partial charge in [-0.15, -0.1) is 0 Å². The molecular weight excluding hydrogens is 628 g/mol. The standard InChI is InChI=1S/C41H48N4O5/c1-29-14-17-31(18-15-29)33-11-8-9-12-34(33)40(47)42-35-20-19-32(28-37(35)49-5)41(48)44(4)36-21-16-30(2)27-38(36)50-26-10-6-7-13-39(46)45-24-22-43(3)23-25-45/h8-9,11-12,14-21,27-28H,6-7,10,13,22-26H2,1-5H3,(H,42,47). The van der Waals surface area contributed by atoms with E-state index in [9.17, 15) is 14.4 Å². The lowest BCUT2D eigenvalue weighted by atomic mass is 9.98. The number of nitrogens with zero attached hydrogens (tertiary/aromatic N) is 3. The summed E-state index contributed by atoms with van der Waals surface area (Å²) in [6, 6.07) is 26.3. The molecule has 4 aromatic rings. The molecule has 9 heteroatoms. The predicted molar refractivity (Wildman–Crippen MR) is 200 cm³/mol. The maximum atomic E-state index is 13.7. The van der Waals surface area contributed by atoms with Gasteiger partial charge >= 0.3 is 0 Å². The Hall–Kier alpha value is -5.15. The van der Waals surface area contributed by atoms with Crippen LogP contribution in [0.5, 0.6) is 11.5 Å². The van der Waals surface area contributed by atoms with Crippen LogP contribution in [0.4, 0.5) is 11.4 Å². The maximum absolute atomic E-state index is 13.7. The molecule has 0 aliphatic carbocycles. The second-order valence-electron chi connectivity index (χ2n) is 13.0. The molecule has 0 bridgehead atoms. The Morgan fingerprint density at radius 1 is 0.800 bits per heavy atom. The Kier molecular flexibility index (Phi) is 12.3. The number of methoxy groups -OCH3 is 1. The third-order valence-corrected chi connectivity index (χ3v) is 9.16. The number of hydrogen-bond donors (Lipinski definition) is 1. The third kappa shape index (κ3) is 9.09. The number of likely N-dealkylation sites (N-methyl/N-ethyl adjacent to an activating group) is 1.